The van der Waals surface area contributed by atoms with Gasteiger partial charge in [0, 0.05) is 5.92 Å². The molecule has 0 bridgehead atoms. The highest BCUT2D eigenvalue weighted by molar-refractivity contribution is 5.78. The molecule has 1 aromatic rings. The molecule has 1 rings (SSSR count). The molecule has 0 spiro atoms. The van der Waals surface area contributed by atoms with Gasteiger partial charge in [0.1, 0.15) is 0 Å². The first kappa shape index (κ1) is 14.7. The lowest BCUT2D eigenvalue weighted by atomic mass is 9.76. The van der Waals surface area contributed by atoms with Crippen LogP contribution in [0.25, 0.3) is 0 Å². The standard InChI is InChI=1S/C15H22O3/c1-4-15(18,14(16)17)13(10-11(2)3)12-8-6-5-7-9-12/h5-9,11,13,18H,4,10H2,1-3H3,(H,16,17). The van der Waals surface area contributed by atoms with E-state index >= 15 is 0 Å². The zero-order valence-electron chi connectivity index (χ0n) is 11.3. The Morgan fingerprint density at radius 1 is 1.28 bits per heavy atom. The van der Waals surface area contributed by atoms with Gasteiger partial charge in [-0.1, -0.05) is 51.1 Å². The maximum absolute atomic E-state index is 11.4. The molecule has 0 aliphatic carbocycles. The summed E-state index contributed by atoms with van der Waals surface area (Å²) in [6, 6.07) is 9.41. The molecule has 0 aliphatic rings. The molecule has 100 valence electrons. The number of rotatable bonds is 6. The van der Waals surface area contributed by atoms with E-state index in [1.165, 1.54) is 0 Å². The van der Waals surface area contributed by atoms with E-state index < -0.39 is 11.6 Å². The highest BCUT2D eigenvalue weighted by Crippen LogP contribution is 2.36. The van der Waals surface area contributed by atoms with Gasteiger partial charge in [-0.15, -0.1) is 0 Å². The monoisotopic (exact) mass is 250 g/mol. The molecule has 2 atom stereocenters. The number of aliphatic hydroxyl groups is 1. The van der Waals surface area contributed by atoms with Gasteiger partial charge in [0.2, 0.25) is 0 Å². The van der Waals surface area contributed by atoms with Gasteiger partial charge in [-0.25, -0.2) is 4.79 Å². The lowest BCUT2D eigenvalue weighted by Gasteiger charge is -2.33. The lowest BCUT2D eigenvalue weighted by molar-refractivity contribution is -0.162. The van der Waals surface area contributed by atoms with E-state index in [2.05, 4.69) is 0 Å². The first-order valence-corrected chi connectivity index (χ1v) is 6.42. The van der Waals surface area contributed by atoms with Crippen LogP contribution < -0.4 is 0 Å². The van der Waals surface area contributed by atoms with E-state index in [-0.39, 0.29) is 12.3 Å². The van der Waals surface area contributed by atoms with Crippen molar-refractivity contribution < 1.29 is 15.0 Å². The fourth-order valence-corrected chi connectivity index (χ4v) is 2.31. The predicted molar refractivity (Wildman–Crippen MR) is 71.5 cm³/mol. The summed E-state index contributed by atoms with van der Waals surface area (Å²) in [6.45, 7) is 5.78. The summed E-state index contributed by atoms with van der Waals surface area (Å²) < 4.78 is 0. The molecule has 0 radical (unpaired) electrons. The summed E-state index contributed by atoms with van der Waals surface area (Å²) in [4.78, 5) is 11.4. The average Bonchev–Trinajstić information content (AvgIpc) is 2.35. The minimum atomic E-state index is -1.69. The van der Waals surface area contributed by atoms with E-state index in [0.29, 0.717) is 12.3 Å². The van der Waals surface area contributed by atoms with Gasteiger partial charge < -0.3 is 10.2 Å². The van der Waals surface area contributed by atoms with Gasteiger partial charge in [-0.2, -0.15) is 0 Å². The van der Waals surface area contributed by atoms with Crippen LogP contribution in [0.1, 0.15) is 45.1 Å². The molecule has 0 fully saturated rings. The largest absolute Gasteiger partial charge is 0.479 e. The Labute approximate surface area is 108 Å². The SMILES string of the molecule is CCC(O)(C(=O)O)C(CC(C)C)c1ccccc1. The fourth-order valence-electron chi connectivity index (χ4n) is 2.31. The first-order chi connectivity index (χ1) is 8.41. The molecule has 18 heavy (non-hydrogen) atoms. The number of carboxylic acid groups (broad SMARTS) is 1. The quantitative estimate of drug-likeness (QED) is 0.816. The molecule has 0 aromatic heterocycles. The van der Waals surface area contributed by atoms with Gasteiger partial charge in [0.15, 0.2) is 5.60 Å². The highest BCUT2D eigenvalue weighted by Gasteiger charge is 2.43. The molecule has 0 saturated heterocycles. The third-order valence-corrected chi connectivity index (χ3v) is 3.39. The zero-order valence-corrected chi connectivity index (χ0v) is 11.3. The van der Waals surface area contributed by atoms with Crippen molar-refractivity contribution in [2.45, 2.75) is 45.1 Å². The molecule has 1 aromatic carbocycles. The van der Waals surface area contributed by atoms with Gasteiger partial charge in [0.25, 0.3) is 0 Å². The Hall–Kier alpha value is -1.35. The number of hydrogen-bond donors (Lipinski definition) is 2. The molecule has 0 heterocycles. The number of carbonyl (C=O) groups is 1. The Morgan fingerprint density at radius 3 is 2.22 bits per heavy atom. The second-order valence-corrected chi connectivity index (χ2v) is 5.18. The second kappa shape index (κ2) is 6.01. The first-order valence-electron chi connectivity index (χ1n) is 6.42. The van der Waals surface area contributed by atoms with E-state index in [1.807, 2.05) is 44.2 Å². The van der Waals surface area contributed by atoms with Crippen molar-refractivity contribution in [3.8, 4) is 0 Å². The average molecular weight is 250 g/mol. The van der Waals surface area contributed by atoms with Crippen molar-refractivity contribution in [3.05, 3.63) is 35.9 Å². The van der Waals surface area contributed by atoms with Crippen molar-refractivity contribution in [3.63, 3.8) is 0 Å². The lowest BCUT2D eigenvalue weighted by Crippen LogP contribution is -2.44. The molecule has 2 unspecified atom stereocenters. The Kier molecular flexibility index (Phi) is 4.91. The van der Waals surface area contributed by atoms with Crippen molar-refractivity contribution in [1.82, 2.24) is 0 Å². The number of benzene rings is 1. The summed E-state index contributed by atoms with van der Waals surface area (Å²) in [5.74, 6) is -1.19. The normalized spacial score (nSPS) is 16.3. The maximum Gasteiger partial charge on any atom is 0.336 e. The molecule has 3 nitrogen and oxygen atoms in total. The van der Waals surface area contributed by atoms with Crippen molar-refractivity contribution in [2.75, 3.05) is 0 Å². The Morgan fingerprint density at radius 2 is 1.83 bits per heavy atom. The second-order valence-electron chi connectivity index (χ2n) is 5.18. The van der Waals surface area contributed by atoms with Crippen molar-refractivity contribution in [1.29, 1.82) is 0 Å². The van der Waals surface area contributed by atoms with Crippen LogP contribution in [0, 0.1) is 5.92 Å². The van der Waals surface area contributed by atoms with Crippen LogP contribution in [0.15, 0.2) is 30.3 Å². The number of aliphatic carboxylic acids is 1. The molecular formula is C15H22O3. The number of hydrogen-bond acceptors (Lipinski definition) is 2. The molecular weight excluding hydrogens is 228 g/mol. The minimum Gasteiger partial charge on any atom is -0.479 e. The van der Waals surface area contributed by atoms with Crippen LogP contribution >= 0.6 is 0 Å². The molecule has 0 aliphatic heterocycles. The van der Waals surface area contributed by atoms with Crippen LogP contribution in [0.2, 0.25) is 0 Å². The molecule has 2 N–H and O–H groups in total. The summed E-state index contributed by atoms with van der Waals surface area (Å²) in [6.07, 6.45) is 0.856. The van der Waals surface area contributed by atoms with E-state index in [4.69, 9.17) is 0 Å². The molecule has 3 heteroatoms. The summed E-state index contributed by atoms with van der Waals surface area (Å²) >= 11 is 0. The van der Waals surface area contributed by atoms with E-state index in [0.717, 1.165) is 5.56 Å². The summed E-state index contributed by atoms with van der Waals surface area (Å²) in [5.41, 5.74) is -0.802. The third kappa shape index (κ3) is 3.10. The third-order valence-electron chi connectivity index (χ3n) is 3.39. The van der Waals surface area contributed by atoms with Crippen LogP contribution in [0.4, 0.5) is 0 Å². The van der Waals surface area contributed by atoms with Gasteiger partial charge >= 0.3 is 5.97 Å². The zero-order chi connectivity index (χ0) is 13.8. The van der Waals surface area contributed by atoms with Gasteiger partial charge in [0.05, 0.1) is 0 Å². The Bertz CT molecular complexity index is 386. The fraction of sp³-hybridized carbons (Fsp3) is 0.533. The van der Waals surface area contributed by atoms with Crippen molar-refractivity contribution >= 4 is 5.97 Å². The summed E-state index contributed by atoms with van der Waals surface area (Å²) in [7, 11) is 0. The maximum atomic E-state index is 11.4. The smallest absolute Gasteiger partial charge is 0.336 e. The Balaban J connectivity index is 3.16. The van der Waals surface area contributed by atoms with Crippen LogP contribution in [0.3, 0.4) is 0 Å². The molecule has 0 amide bonds. The highest BCUT2D eigenvalue weighted by atomic mass is 16.4. The van der Waals surface area contributed by atoms with E-state index in [1.54, 1.807) is 6.92 Å². The van der Waals surface area contributed by atoms with Crippen LogP contribution in [-0.2, 0) is 4.79 Å². The molecule has 0 saturated carbocycles. The topological polar surface area (TPSA) is 57.5 Å². The predicted octanol–water partition coefficient (Wildman–Crippen LogP) is 3.04. The summed E-state index contributed by atoms with van der Waals surface area (Å²) in [5, 5.41) is 19.8. The van der Waals surface area contributed by atoms with Crippen molar-refractivity contribution in [2.24, 2.45) is 5.92 Å². The number of carboxylic acids is 1. The van der Waals surface area contributed by atoms with Gasteiger partial charge in [-0.3, -0.25) is 0 Å². The van der Waals surface area contributed by atoms with Gasteiger partial charge in [-0.05, 0) is 24.3 Å². The minimum absolute atomic E-state index is 0.203. The van der Waals surface area contributed by atoms with Crippen LogP contribution in [0.5, 0.6) is 0 Å². The van der Waals surface area contributed by atoms with Crippen LogP contribution in [-0.4, -0.2) is 21.8 Å². The van der Waals surface area contributed by atoms with E-state index in [9.17, 15) is 15.0 Å².